The number of amides is 1. The zero-order valence-electron chi connectivity index (χ0n) is 13.7. The van der Waals surface area contributed by atoms with Crippen molar-refractivity contribution in [1.29, 1.82) is 0 Å². The summed E-state index contributed by atoms with van der Waals surface area (Å²) in [5, 5.41) is 3.21. The first kappa shape index (κ1) is 15.3. The van der Waals surface area contributed by atoms with Crippen LogP contribution < -0.4 is 10.2 Å². The Morgan fingerprint density at radius 1 is 1.23 bits per heavy atom. The summed E-state index contributed by atoms with van der Waals surface area (Å²) >= 11 is 0. The molecule has 4 heteroatoms. The van der Waals surface area contributed by atoms with Crippen molar-refractivity contribution in [1.82, 2.24) is 10.3 Å². The Labute approximate surface area is 133 Å². The molecule has 4 nitrogen and oxygen atoms in total. The maximum atomic E-state index is 12.5. The average molecular weight is 301 g/mol. The molecule has 2 fully saturated rings. The zero-order chi connectivity index (χ0) is 15.5. The fraction of sp³-hybridized carbons (Fsp3) is 0.667. The molecule has 1 aromatic heterocycles. The predicted molar refractivity (Wildman–Crippen MR) is 89.1 cm³/mol. The largest absolute Gasteiger partial charge is 0.371 e. The van der Waals surface area contributed by atoms with E-state index < -0.39 is 0 Å². The third-order valence-corrected chi connectivity index (χ3v) is 5.47. The summed E-state index contributed by atoms with van der Waals surface area (Å²) < 4.78 is 0. The normalized spacial score (nSPS) is 28.6. The first-order valence-electron chi connectivity index (χ1n) is 8.67. The molecule has 2 heterocycles. The minimum absolute atomic E-state index is 0.0213. The summed E-state index contributed by atoms with van der Waals surface area (Å²) in [6, 6.07) is 4.24. The third kappa shape index (κ3) is 3.26. The van der Waals surface area contributed by atoms with Gasteiger partial charge in [0.05, 0.1) is 0 Å². The lowest BCUT2D eigenvalue weighted by Crippen LogP contribution is -2.44. The molecule has 0 radical (unpaired) electrons. The monoisotopic (exact) mass is 301 g/mol. The van der Waals surface area contributed by atoms with E-state index in [-0.39, 0.29) is 11.9 Å². The summed E-state index contributed by atoms with van der Waals surface area (Å²) in [4.78, 5) is 19.2. The van der Waals surface area contributed by atoms with Gasteiger partial charge in [-0.3, -0.25) is 9.78 Å². The molecule has 0 aromatic carbocycles. The molecular weight excluding hydrogens is 274 g/mol. The van der Waals surface area contributed by atoms with Crippen LogP contribution in [0, 0.1) is 11.8 Å². The van der Waals surface area contributed by atoms with Crippen LogP contribution in [0.1, 0.15) is 56.4 Å². The Hall–Kier alpha value is -1.58. The molecule has 2 aliphatic rings. The SMILES string of the molecule is CC1CCCC(NC(=O)c2cc(N3CCCC3)ccn2)C1C. The van der Waals surface area contributed by atoms with Crippen molar-refractivity contribution in [2.75, 3.05) is 18.0 Å². The van der Waals surface area contributed by atoms with Crippen LogP contribution in [0.25, 0.3) is 0 Å². The highest BCUT2D eigenvalue weighted by Gasteiger charge is 2.28. The van der Waals surface area contributed by atoms with Crippen molar-refractivity contribution in [3.63, 3.8) is 0 Å². The number of aromatic nitrogens is 1. The third-order valence-electron chi connectivity index (χ3n) is 5.47. The molecule has 3 rings (SSSR count). The average Bonchev–Trinajstić information content (AvgIpc) is 3.06. The molecular formula is C18H27N3O. The van der Waals surface area contributed by atoms with Crippen LogP contribution in [0.15, 0.2) is 18.3 Å². The van der Waals surface area contributed by atoms with Gasteiger partial charge in [0.15, 0.2) is 0 Å². The van der Waals surface area contributed by atoms with Gasteiger partial charge in [0.2, 0.25) is 0 Å². The van der Waals surface area contributed by atoms with Gasteiger partial charge in [-0.05, 0) is 43.2 Å². The summed E-state index contributed by atoms with van der Waals surface area (Å²) in [5.74, 6) is 1.20. The topological polar surface area (TPSA) is 45.2 Å². The highest BCUT2D eigenvalue weighted by molar-refractivity contribution is 5.93. The van der Waals surface area contributed by atoms with Gasteiger partial charge in [0, 0.05) is 31.0 Å². The van der Waals surface area contributed by atoms with E-state index in [2.05, 4.69) is 29.0 Å². The number of nitrogens with zero attached hydrogens (tertiary/aromatic N) is 2. The van der Waals surface area contributed by atoms with Gasteiger partial charge in [-0.2, -0.15) is 0 Å². The fourth-order valence-electron chi connectivity index (χ4n) is 3.74. The number of hydrogen-bond donors (Lipinski definition) is 1. The zero-order valence-corrected chi connectivity index (χ0v) is 13.7. The Morgan fingerprint density at radius 2 is 2.00 bits per heavy atom. The summed E-state index contributed by atoms with van der Waals surface area (Å²) in [7, 11) is 0. The van der Waals surface area contributed by atoms with E-state index in [1.807, 2.05) is 12.1 Å². The van der Waals surface area contributed by atoms with Crippen molar-refractivity contribution in [3.05, 3.63) is 24.0 Å². The van der Waals surface area contributed by atoms with Gasteiger partial charge in [-0.15, -0.1) is 0 Å². The van der Waals surface area contributed by atoms with Crippen molar-refractivity contribution < 1.29 is 4.79 Å². The first-order valence-corrected chi connectivity index (χ1v) is 8.67. The Balaban J connectivity index is 1.68. The second-order valence-corrected chi connectivity index (χ2v) is 6.94. The Kier molecular flexibility index (Phi) is 4.65. The molecule has 0 spiro atoms. The van der Waals surface area contributed by atoms with Crippen LogP contribution in [0.3, 0.4) is 0 Å². The van der Waals surface area contributed by atoms with Crippen molar-refractivity contribution >= 4 is 11.6 Å². The lowest BCUT2D eigenvalue weighted by molar-refractivity contribution is 0.0886. The van der Waals surface area contributed by atoms with E-state index in [1.54, 1.807) is 6.20 Å². The molecule has 1 aliphatic heterocycles. The van der Waals surface area contributed by atoms with E-state index in [0.717, 1.165) is 25.2 Å². The van der Waals surface area contributed by atoms with Crippen LogP contribution in [0.4, 0.5) is 5.69 Å². The van der Waals surface area contributed by atoms with Gasteiger partial charge >= 0.3 is 0 Å². The molecule has 120 valence electrons. The lowest BCUT2D eigenvalue weighted by atomic mass is 9.78. The van der Waals surface area contributed by atoms with Gasteiger partial charge in [0.25, 0.3) is 5.91 Å². The Bertz CT molecular complexity index is 525. The van der Waals surface area contributed by atoms with Crippen LogP contribution in [0.2, 0.25) is 0 Å². The quantitative estimate of drug-likeness (QED) is 0.932. The van der Waals surface area contributed by atoms with Crippen LogP contribution in [-0.4, -0.2) is 30.0 Å². The van der Waals surface area contributed by atoms with E-state index in [0.29, 0.717) is 17.5 Å². The minimum Gasteiger partial charge on any atom is -0.371 e. The molecule has 1 aliphatic carbocycles. The molecule has 0 bridgehead atoms. The number of hydrogen-bond acceptors (Lipinski definition) is 3. The number of rotatable bonds is 3. The van der Waals surface area contributed by atoms with E-state index >= 15 is 0 Å². The minimum atomic E-state index is -0.0213. The van der Waals surface area contributed by atoms with Crippen LogP contribution >= 0.6 is 0 Å². The van der Waals surface area contributed by atoms with Crippen molar-refractivity contribution in [2.45, 2.75) is 52.0 Å². The smallest absolute Gasteiger partial charge is 0.270 e. The summed E-state index contributed by atoms with van der Waals surface area (Å²) in [6.45, 7) is 6.71. The van der Waals surface area contributed by atoms with Crippen LogP contribution in [0.5, 0.6) is 0 Å². The highest BCUT2D eigenvalue weighted by Crippen LogP contribution is 2.29. The fourth-order valence-corrected chi connectivity index (χ4v) is 3.74. The summed E-state index contributed by atoms with van der Waals surface area (Å²) in [6.07, 6.45) is 7.80. The number of carbonyl (C=O) groups is 1. The molecule has 1 N–H and O–H groups in total. The number of anilines is 1. The number of carbonyl (C=O) groups excluding carboxylic acids is 1. The van der Waals surface area contributed by atoms with Crippen molar-refractivity contribution in [3.8, 4) is 0 Å². The second-order valence-electron chi connectivity index (χ2n) is 6.94. The maximum Gasteiger partial charge on any atom is 0.270 e. The molecule has 3 unspecified atom stereocenters. The highest BCUT2D eigenvalue weighted by atomic mass is 16.1. The number of pyridine rings is 1. The first-order chi connectivity index (χ1) is 10.6. The second kappa shape index (κ2) is 6.67. The van der Waals surface area contributed by atoms with Gasteiger partial charge in [-0.25, -0.2) is 0 Å². The van der Waals surface area contributed by atoms with Gasteiger partial charge in [0.1, 0.15) is 5.69 Å². The standard InChI is InChI=1S/C18H27N3O/c1-13-6-5-7-16(14(13)2)20-18(22)17-12-15(8-9-19-17)21-10-3-4-11-21/h8-9,12-14,16H,3-7,10-11H2,1-2H3,(H,20,22). The predicted octanol–water partition coefficient (Wildman–Crippen LogP) is 3.24. The maximum absolute atomic E-state index is 12.5. The van der Waals surface area contributed by atoms with Gasteiger partial charge < -0.3 is 10.2 Å². The molecule has 22 heavy (non-hydrogen) atoms. The van der Waals surface area contributed by atoms with E-state index in [1.165, 1.54) is 25.7 Å². The molecule has 1 saturated carbocycles. The lowest BCUT2D eigenvalue weighted by Gasteiger charge is -2.34. The molecule has 1 aromatic rings. The van der Waals surface area contributed by atoms with Gasteiger partial charge in [-0.1, -0.05) is 26.7 Å². The molecule has 1 saturated heterocycles. The summed E-state index contributed by atoms with van der Waals surface area (Å²) in [5.41, 5.74) is 1.68. The Morgan fingerprint density at radius 3 is 2.77 bits per heavy atom. The van der Waals surface area contributed by atoms with E-state index in [9.17, 15) is 4.79 Å². The van der Waals surface area contributed by atoms with Crippen LogP contribution in [-0.2, 0) is 0 Å². The molecule has 3 atom stereocenters. The van der Waals surface area contributed by atoms with Crippen molar-refractivity contribution in [2.24, 2.45) is 11.8 Å². The molecule has 1 amide bonds. The van der Waals surface area contributed by atoms with E-state index in [4.69, 9.17) is 0 Å². The number of nitrogens with one attached hydrogen (secondary N) is 1.